The smallest absolute Gasteiger partial charge is 0.206 e. The van der Waals surface area contributed by atoms with Gasteiger partial charge in [0.05, 0.1) is 22.1 Å². The Morgan fingerprint density at radius 1 is 0.722 bits per heavy atom. The molecule has 0 aliphatic carbocycles. The molecule has 4 aromatic carbocycles. The van der Waals surface area contributed by atoms with Gasteiger partial charge in [0.15, 0.2) is 16.9 Å². The molecule has 4 rings (SSSR count). The molecule has 0 amide bonds. The summed E-state index contributed by atoms with van der Waals surface area (Å²) in [6.45, 7) is 1.98. The molecule has 0 saturated carbocycles. The van der Waals surface area contributed by atoms with Gasteiger partial charge in [-0.25, -0.2) is 8.42 Å². The summed E-state index contributed by atoms with van der Waals surface area (Å²) in [6, 6.07) is 23.0. The highest BCUT2D eigenvalue weighted by molar-refractivity contribution is 7.91. The van der Waals surface area contributed by atoms with Gasteiger partial charge in [0.1, 0.15) is 17.2 Å². The topological polar surface area (TPSA) is 97.7 Å². The average molecular weight is 536 g/mol. The second-order valence-electron chi connectivity index (χ2n) is 8.11. The molecule has 0 unspecified atom stereocenters. The average Bonchev–Trinajstić information content (AvgIpc) is 2.87. The minimum Gasteiger partial charge on any atom is -0.508 e. The van der Waals surface area contributed by atoms with E-state index in [1.54, 1.807) is 18.2 Å². The molecule has 9 heteroatoms. The molecule has 4 aromatic rings. The van der Waals surface area contributed by atoms with Crippen molar-refractivity contribution in [3.63, 3.8) is 0 Å². The van der Waals surface area contributed by atoms with Gasteiger partial charge in [-0.3, -0.25) is 9.13 Å². The van der Waals surface area contributed by atoms with E-state index in [4.69, 9.17) is 4.74 Å². The van der Waals surface area contributed by atoms with Crippen molar-refractivity contribution in [1.82, 2.24) is 0 Å². The van der Waals surface area contributed by atoms with Crippen LogP contribution in [0.25, 0.3) is 11.1 Å². The molecule has 182 valence electrons. The quantitative estimate of drug-likeness (QED) is 0.222. The Hall–Kier alpha value is -3.37. The van der Waals surface area contributed by atoms with E-state index in [0.717, 1.165) is 27.8 Å². The zero-order chi connectivity index (χ0) is 25.7. The standard InChI is InChI=1S/C27H22O6P2S/c1-18-2-3-19(14-21(18)16-34-29)20-4-13-27(22(15-20)17-35-30)33-24-7-11-26(12-8-24)36(31,32)25-9-5-23(28)6-10-25/h2-15,28H,16-17H2,1H3. The number of phenolic OH excluding ortho intramolecular Hbond substituents is 1. The van der Waals surface area contributed by atoms with Gasteiger partial charge in [0.25, 0.3) is 0 Å². The Bertz CT molecular complexity index is 1520. The molecule has 0 spiro atoms. The SMILES string of the molecule is Cc1ccc(-c2ccc(Oc3ccc(S(=O)(=O)c4ccc(O)cc4)cc3)c(CP=O)c2)cc1CP=O. The van der Waals surface area contributed by atoms with E-state index >= 15 is 0 Å². The van der Waals surface area contributed by atoms with Crippen molar-refractivity contribution >= 4 is 26.8 Å². The number of sulfone groups is 1. The third kappa shape index (κ3) is 5.71. The van der Waals surface area contributed by atoms with E-state index in [0.29, 0.717) is 17.7 Å². The van der Waals surface area contributed by atoms with Crippen LogP contribution in [0.3, 0.4) is 0 Å². The fourth-order valence-electron chi connectivity index (χ4n) is 3.72. The molecular formula is C27H22O6P2S. The second kappa shape index (κ2) is 11.1. The first-order chi connectivity index (χ1) is 17.3. The monoisotopic (exact) mass is 536 g/mol. The van der Waals surface area contributed by atoms with E-state index in [-0.39, 0.29) is 38.6 Å². The van der Waals surface area contributed by atoms with Crippen LogP contribution in [-0.2, 0) is 31.3 Å². The van der Waals surface area contributed by atoms with Crippen LogP contribution in [0.15, 0.2) is 94.7 Å². The highest BCUT2D eigenvalue weighted by Crippen LogP contribution is 2.34. The van der Waals surface area contributed by atoms with Gasteiger partial charge in [0.2, 0.25) is 9.84 Å². The first-order valence-electron chi connectivity index (χ1n) is 10.9. The first-order valence-corrected chi connectivity index (χ1v) is 14.4. The van der Waals surface area contributed by atoms with Gasteiger partial charge in [-0.15, -0.1) is 0 Å². The van der Waals surface area contributed by atoms with Crippen LogP contribution in [0.4, 0.5) is 0 Å². The number of aromatic hydroxyl groups is 1. The van der Waals surface area contributed by atoms with Crippen molar-refractivity contribution in [2.75, 3.05) is 0 Å². The van der Waals surface area contributed by atoms with E-state index < -0.39 is 9.84 Å². The summed E-state index contributed by atoms with van der Waals surface area (Å²) in [5, 5.41) is 9.41. The van der Waals surface area contributed by atoms with E-state index in [2.05, 4.69) is 0 Å². The zero-order valence-electron chi connectivity index (χ0n) is 19.3. The summed E-state index contributed by atoms with van der Waals surface area (Å²) < 4.78 is 54.2. The summed E-state index contributed by atoms with van der Waals surface area (Å²) in [7, 11) is -3.74. The largest absolute Gasteiger partial charge is 0.508 e. The summed E-state index contributed by atoms with van der Waals surface area (Å²) >= 11 is 0. The van der Waals surface area contributed by atoms with E-state index in [1.807, 2.05) is 37.3 Å². The predicted molar refractivity (Wildman–Crippen MR) is 139 cm³/mol. The van der Waals surface area contributed by atoms with Crippen LogP contribution in [0.5, 0.6) is 17.2 Å². The Morgan fingerprint density at radius 3 is 1.86 bits per heavy atom. The number of hydrogen-bond acceptors (Lipinski definition) is 6. The number of ether oxygens (including phenoxy) is 1. The van der Waals surface area contributed by atoms with Gasteiger partial charge < -0.3 is 9.84 Å². The van der Waals surface area contributed by atoms with Gasteiger partial charge in [-0.2, -0.15) is 0 Å². The van der Waals surface area contributed by atoms with E-state index in [9.17, 15) is 22.7 Å². The summed E-state index contributed by atoms with van der Waals surface area (Å²) in [6.07, 6.45) is 0.680. The fraction of sp³-hybridized carbons (Fsp3) is 0.111. The summed E-state index contributed by atoms with van der Waals surface area (Å²) in [5.74, 6) is 0.937. The zero-order valence-corrected chi connectivity index (χ0v) is 21.9. The molecule has 1 N–H and O–H groups in total. The van der Waals surface area contributed by atoms with Gasteiger partial charge in [-0.1, -0.05) is 24.3 Å². The van der Waals surface area contributed by atoms with Crippen molar-refractivity contribution in [2.45, 2.75) is 29.0 Å². The Balaban J connectivity index is 1.60. The molecule has 0 heterocycles. The maximum absolute atomic E-state index is 12.8. The maximum Gasteiger partial charge on any atom is 0.206 e. The molecule has 0 atom stereocenters. The van der Waals surface area contributed by atoms with Gasteiger partial charge >= 0.3 is 0 Å². The van der Waals surface area contributed by atoms with E-state index in [1.165, 1.54) is 36.4 Å². The predicted octanol–water partition coefficient (Wildman–Crippen LogP) is 7.58. The van der Waals surface area contributed by atoms with Crippen molar-refractivity contribution in [1.29, 1.82) is 0 Å². The number of hydrogen-bond donors (Lipinski definition) is 1. The van der Waals surface area contributed by atoms with Crippen LogP contribution < -0.4 is 4.74 Å². The molecule has 36 heavy (non-hydrogen) atoms. The molecule has 0 aliphatic heterocycles. The lowest BCUT2D eigenvalue weighted by Gasteiger charge is -2.13. The fourth-order valence-corrected chi connectivity index (χ4v) is 5.84. The van der Waals surface area contributed by atoms with Crippen LogP contribution >= 0.6 is 16.9 Å². The number of phenols is 1. The van der Waals surface area contributed by atoms with Crippen molar-refractivity contribution in [2.24, 2.45) is 0 Å². The lowest BCUT2D eigenvalue weighted by Crippen LogP contribution is -2.01. The normalized spacial score (nSPS) is 11.6. The van der Waals surface area contributed by atoms with Crippen molar-refractivity contribution in [3.05, 3.63) is 102 Å². The number of rotatable bonds is 9. The Kier molecular flexibility index (Phi) is 7.95. The highest BCUT2D eigenvalue weighted by Gasteiger charge is 2.18. The minimum absolute atomic E-state index is 0.0121. The van der Waals surface area contributed by atoms with Crippen LogP contribution in [0, 0.1) is 6.92 Å². The Labute approximate surface area is 212 Å². The molecule has 0 fully saturated rings. The molecule has 0 bridgehead atoms. The summed E-state index contributed by atoms with van der Waals surface area (Å²) in [5.41, 5.74) is 4.67. The maximum atomic E-state index is 12.8. The first kappa shape index (κ1) is 25.7. The lowest BCUT2D eigenvalue weighted by atomic mass is 9.99. The van der Waals surface area contributed by atoms with Gasteiger partial charge in [0, 0.05) is 5.56 Å². The van der Waals surface area contributed by atoms with Crippen molar-refractivity contribution in [3.8, 4) is 28.4 Å². The van der Waals surface area contributed by atoms with Crippen LogP contribution in [0.2, 0.25) is 0 Å². The molecule has 6 nitrogen and oxygen atoms in total. The molecule has 0 saturated heterocycles. The van der Waals surface area contributed by atoms with Crippen molar-refractivity contribution < 1.29 is 27.4 Å². The third-order valence-corrected chi connectivity index (χ3v) is 8.45. The van der Waals surface area contributed by atoms with Crippen LogP contribution in [0.1, 0.15) is 16.7 Å². The lowest BCUT2D eigenvalue weighted by molar-refractivity contribution is 0.474. The highest BCUT2D eigenvalue weighted by atomic mass is 32.2. The van der Waals surface area contributed by atoms with Crippen LogP contribution in [-0.4, -0.2) is 13.5 Å². The number of benzene rings is 4. The minimum atomic E-state index is -3.74. The Morgan fingerprint density at radius 2 is 1.25 bits per heavy atom. The second-order valence-corrected chi connectivity index (χ2v) is 11.2. The van der Waals surface area contributed by atoms with Gasteiger partial charge in [-0.05, 0) is 89.8 Å². The molecule has 0 radical (unpaired) electrons. The molecule has 0 aromatic heterocycles. The molecule has 0 aliphatic rings. The number of aryl methyl sites for hydroxylation is 1. The third-order valence-electron chi connectivity index (χ3n) is 5.72. The summed E-state index contributed by atoms with van der Waals surface area (Å²) in [4.78, 5) is 0.178. The molecular weight excluding hydrogens is 514 g/mol.